The Hall–Kier alpha value is -5.79. The fourth-order valence-corrected chi connectivity index (χ4v) is 5.51. The second kappa shape index (κ2) is 17.7. The molecule has 4 rings (SSSR count). The van der Waals surface area contributed by atoms with Gasteiger partial charge in [-0.3, -0.25) is 24.5 Å². The summed E-state index contributed by atoms with van der Waals surface area (Å²) in [4.78, 5) is 77.9. The summed E-state index contributed by atoms with van der Waals surface area (Å²) in [5, 5.41) is 18.9. The number of amides is 4. The number of esters is 1. The van der Waals surface area contributed by atoms with Crippen molar-refractivity contribution in [3.63, 3.8) is 0 Å². The Balaban J connectivity index is 1.39. The van der Waals surface area contributed by atoms with Crippen LogP contribution in [-0.2, 0) is 48.1 Å². The number of nitrogens with one attached hydrogen (secondary N) is 3. The van der Waals surface area contributed by atoms with Crippen molar-refractivity contribution in [2.45, 2.75) is 76.8 Å². The van der Waals surface area contributed by atoms with Crippen molar-refractivity contribution < 1.29 is 38.4 Å². The zero-order valence-corrected chi connectivity index (χ0v) is 28.8. The first-order valence-corrected chi connectivity index (χ1v) is 16.6. The number of carbonyl (C=O) groups excluding carboxylic acids is 5. The van der Waals surface area contributed by atoms with Gasteiger partial charge in [0.25, 0.3) is 5.69 Å². The number of nitro groups is 1. The molecule has 3 aromatic carbocycles. The third-order valence-corrected chi connectivity index (χ3v) is 7.99. The lowest BCUT2D eigenvalue weighted by molar-refractivity contribution is -0.384. The minimum Gasteiger partial charge on any atom is -0.459 e. The molecule has 0 radical (unpaired) electrons. The lowest BCUT2D eigenvalue weighted by Crippen LogP contribution is -2.54. The van der Waals surface area contributed by atoms with Crippen LogP contribution in [0.25, 0.3) is 0 Å². The van der Waals surface area contributed by atoms with Gasteiger partial charge >= 0.3 is 12.1 Å². The number of ether oxygens (including phenoxy) is 2. The summed E-state index contributed by atoms with van der Waals surface area (Å²) in [6.45, 7) is 4.79. The first-order valence-electron chi connectivity index (χ1n) is 16.6. The van der Waals surface area contributed by atoms with Crippen LogP contribution in [0.4, 0.5) is 10.5 Å². The van der Waals surface area contributed by atoms with E-state index >= 15 is 0 Å². The van der Waals surface area contributed by atoms with Gasteiger partial charge in [0, 0.05) is 31.5 Å². The van der Waals surface area contributed by atoms with E-state index < -0.39 is 65.0 Å². The maximum atomic E-state index is 13.6. The van der Waals surface area contributed by atoms with Crippen molar-refractivity contribution in [3.05, 3.63) is 112 Å². The van der Waals surface area contributed by atoms with Gasteiger partial charge in [-0.15, -0.1) is 0 Å². The van der Waals surface area contributed by atoms with Crippen molar-refractivity contribution in [1.29, 1.82) is 0 Å². The van der Waals surface area contributed by atoms with Crippen LogP contribution in [0.3, 0.4) is 0 Å². The zero-order valence-electron chi connectivity index (χ0n) is 28.8. The topological polar surface area (TPSA) is 186 Å². The molecule has 1 heterocycles. The van der Waals surface area contributed by atoms with Crippen molar-refractivity contribution in [2.24, 2.45) is 0 Å². The fraction of sp³-hybridized carbons (Fsp3) is 0.378. The van der Waals surface area contributed by atoms with E-state index in [-0.39, 0.29) is 31.7 Å². The van der Waals surface area contributed by atoms with E-state index in [1.54, 1.807) is 45.0 Å². The number of nitrogens with zero attached hydrogens (tertiary/aromatic N) is 2. The number of non-ortho nitro benzene ring substituents is 1. The Labute approximate surface area is 296 Å². The quantitative estimate of drug-likeness (QED) is 0.128. The van der Waals surface area contributed by atoms with E-state index in [4.69, 9.17) is 9.47 Å². The number of rotatable bonds is 14. The largest absolute Gasteiger partial charge is 0.459 e. The molecule has 0 aliphatic carbocycles. The number of carbonyl (C=O) groups is 5. The highest BCUT2D eigenvalue weighted by atomic mass is 16.6. The summed E-state index contributed by atoms with van der Waals surface area (Å²) in [6.07, 6.45) is 0.367. The van der Waals surface area contributed by atoms with Crippen molar-refractivity contribution in [3.8, 4) is 0 Å². The average molecular weight is 702 g/mol. The number of nitro benzene ring substituents is 1. The van der Waals surface area contributed by atoms with Gasteiger partial charge in [-0.25, -0.2) is 9.59 Å². The molecule has 51 heavy (non-hydrogen) atoms. The fourth-order valence-electron chi connectivity index (χ4n) is 5.51. The summed E-state index contributed by atoms with van der Waals surface area (Å²) in [5.41, 5.74) is 1.19. The monoisotopic (exact) mass is 701 g/mol. The maximum Gasteiger partial charge on any atom is 0.408 e. The Morgan fingerprint density at radius 3 is 2.00 bits per heavy atom. The van der Waals surface area contributed by atoms with Crippen LogP contribution in [0.15, 0.2) is 84.9 Å². The molecule has 0 aromatic heterocycles. The predicted octanol–water partition coefficient (Wildman–Crippen LogP) is 3.61. The van der Waals surface area contributed by atoms with Gasteiger partial charge in [0.2, 0.25) is 17.7 Å². The number of alkyl carbamates (subject to hydrolysis) is 1. The zero-order chi connectivity index (χ0) is 37.0. The van der Waals surface area contributed by atoms with Crippen molar-refractivity contribution >= 4 is 35.5 Å². The van der Waals surface area contributed by atoms with Gasteiger partial charge in [-0.1, -0.05) is 60.7 Å². The van der Waals surface area contributed by atoms with Gasteiger partial charge in [0.15, 0.2) is 0 Å². The highest BCUT2D eigenvalue weighted by molar-refractivity contribution is 5.94. The molecule has 270 valence electrons. The number of hydrogen-bond acceptors (Lipinski definition) is 9. The van der Waals surface area contributed by atoms with E-state index in [2.05, 4.69) is 16.0 Å². The molecule has 1 aliphatic rings. The summed E-state index contributed by atoms with van der Waals surface area (Å²) in [6, 6.07) is 20.7. The summed E-state index contributed by atoms with van der Waals surface area (Å²) in [7, 11) is 0. The molecule has 3 aromatic rings. The van der Waals surface area contributed by atoms with E-state index in [9.17, 15) is 34.1 Å². The summed E-state index contributed by atoms with van der Waals surface area (Å²) in [5.74, 6) is -2.36. The number of hydrogen-bond donors (Lipinski definition) is 3. The normalized spacial score (nSPS) is 15.2. The smallest absolute Gasteiger partial charge is 0.408 e. The lowest BCUT2D eigenvalue weighted by Gasteiger charge is -2.27. The summed E-state index contributed by atoms with van der Waals surface area (Å²) >= 11 is 0. The third kappa shape index (κ3) is 11.9. The Morgan fingerprint density at radius 1 is 0.843 bits per heavy atom. The van der Waals surface area contributed by atoms with Crippen LogP contribution >= 0.6 is 0 Å². The van der Waals surface area contributed by atoms with Crippen LogP contribution in [0.1, 0.15) is 50.3 Å². The maximum absolute atomic E-state index is 13.6. The molecule has 1 saturated heterocycles. The van der Waals surface area contributed by atoms with Crippen LogP contribution < -0.4 is 16.0 Å². The van der Waals surface area contributed by atoms with Crippen molar-refractivity contribution in [1.82, 2.24) is 20.9 Å². The van der Waals surface area contributed by atoms with E-state index in [1.165, 1.54) is 29.2 Å². The van der Waals surface area contributed by atoms with E-state index in [0.717, 1.165) is 11.1 Å². The molecule has 1 fully saturated rings. The second-order valence-corrected chi connectivity index (χ2v) is 13.1. The number of benzene rings is 3. The average Bonchev–Trinajstić information content (AvgIpc) is 3.60. The first-order chi connectivity index (χ1) is 24.3. The van der Waals surface area contributed by atoms with Gasteiger partial charge in [-0.2, -0.15) is 0 Å². The van der Waals surface area contributed by atoms with Gasteiger partial charge in [-0.05, 0) is 62.4 Å². The molecule has 0 spiro atoms. The van der Waals surface area contributed by atoms with Crippen LogP contribution in [0.5, 0.6) is 0 Å². The third-order valence-electron chi connectivity index (χ3n) is 7.99. The Kier molecular flexibility index (Phi) is 13.2. The molecule has 3 atom stereocenters. The molecule has 3 N–H and O–H groups in total. The Bertz CT molecular complexity index is 1680. The minimum atomic E-state index is -1.09. The highest BCUT2D eigenvalue weighted by Crippen LogP contribution is 2.19. The summed E-state index contributed by atoms with van der Waals surface area (Å²) < 4.78 is 10.8. The molecule has 1 aliphatic heterocycles. The van der Waals surface area contributed by atoms with Crippen LogP contribution in [0, 0.1) is 10.1 Å². The number of likely N-dealkylation sites (tertiary alicyclic amines) is 1. The van der Waals surface area contributed by atoms with Gasteiger partial charge < -0.3 is 30.3 Å². The van der Waals surface area contributed by atoms with Crippen molar-refractivity contribution in [2.75, 3.05) is 13.1 Å². The lowest BCUT2D eigenvalue weighted by atomic mass is 10.0. The van der Waals surface area contributed by atoms with Crippen LogP contribution in [-0.4, -0.2) is 76.4 Å². The van der Waals surface area contributed by atoms with E-state index in [1.807, 2.05) is 36.4 Å². The van der Waals surface area contributed by atoms with Crippen LogP contribution in [0.2, 0.25) is 0 Å². The SMILES string of the molecule is CC(C)(C)OC(=O)N[C@@H](Cc1ccccc1)C(=O)NCC(=O)N1CCC[C@H]1C(=O)N[C@@H](Cc1ccccc1)C(=O)OCc1ccc([N+](=O)[O-])cc1. The van der Waals surface area contributed by atoms with Gasteiger partial charge in [0.1, 0.15) is 30.3 Å². The molecule has 4 amide bonds. The Morgan fingerprint density at radius 2 is 1.43 bits per heavy atom. The molecular formula is C37H43N5O9. The second-order valence-electron chi connectivity index (χ2n) is 13.1. The van der Waals surface area contributed by atoms with E-state index in [0.29, 0.717) is 18.4 Å². The molecule has 14 heteroatoms. The molecule has 0 saturated carbocycles. The molecule has 14 nitrogen and oxygen atoms in total. The standard InChI is InChI=1S/C37H43N5O9/c1-37(2,3)51-36(47)40-29(21-25-11-6-4-7-12-25)33(44)38-23-32(43)41-20-10-15-31(41)34(45)39-30(22-26-13-8-5-9-14-26)35(46)50-24-27-16-18-28(19-17-27)42(48)49/h4-9,11-14,16-19,29-31H,10,15,20-24H2,1-3H3,(H,38,44)(H,39,45)(H,40,47)/t29-,30-,31-/m0/s1. The highest BCUT2D eigenvalue weighted by Gasteiger charge is 2.36. The predicted molar refractivity (Wildman–Crippen MR) is 186 cm³/mol. The molecule has 0 bridgehead atoms. The molecule has 0 unspecified atom stereocenters. The molecular weight excluding hydrogens is 658 g/mol. The minimum absolute atomic E-state index is 0.0982. The van der Waals surface area contributed by atoms with Gasteiger partial charge in [0.05, 0.1) is 11.5 Å². The first kappa shape index (κ1) is 38.0.